The van der Waals surface area contributed by atoms with Crippen molar-refractivity contribution in [2.24, 2.45) is 5.73 Å². The number of esters is 1. The number of ether oxygens (including phenoxy) is 1. The van der Waals surface area contributed by atoms with Gasteiger partial charge in [-0.3, -0.25) is 13.8 Å². The number of phenolic OH excluding ortho intramolecular Hbond substituents is 2. The Labute approximate surface area is 162 Å². The first-order valence-electron chi connectivity index (χ1n) is 8.38. The average Bonchev–Trinajstić information content (AvgIpc) is 2.60. The second kappa shape index (κ2) is 11.3. The van der Waals surface area contributed by atoms with Gasteiger partial charge < -0.3 is 35.6 Å². The van der Waals surface area contributed by atoms with Crippen LogP contribution >= 0.6 is 7.82 Å². The molecular weight excluding hydrogens is 395 g/mol. The summed E-state index contributed by atoms with van der Waals surface area (Å²) in [4.78, 5) is 23.1. The Hall–Kier alpha value is -1.72. The van der Waals surface area contributed by atoms with E-state index in [1.54, 1.807) is 19.0 Å². The number of nitrogens with zero attached hydrogens (tertiary/aromatic N) is 1. The van der Waals surface area contributed by atoms with Crippen LogP contribution in [0.25, 0.3) is 0 Å². The lowest BCUT2D eigenvalue weighted by atomic mass is 10.1. The van der Waals surface area contributed by atoms with Gasteiger partial charge >= 0.3 is 13.8 Å². The normalized spacial score (nSPS) is 15.8. The third-order valence-electron chi connectivity index (χ3n) is 3.44. The topological polar surface area (TPSA) is 172 Å². The molecule has 6 N–H and O–H groups in total. The number of benzene rings is 1. The first-order chi connectivity index (χ1) is 13.0. The van der Waals surface area contributed by atoms with Crippen molar-refractivity contribution in [3.63, 3.8) is 0 Å². The summed E-state index contributed by atoms with van der Waals surface area (Å²) in [5, 5.41) is 28.4. The molecule has 0 heterocycles. The predicted octanol–water partition coefficient (Wildman–Crippen LogP) is -0.433. The van der Waals surface area contributed by atoms with E-state index in [-0.39, 0.29) is 24.5 Å². The van der Waals surface area contributed by atoms with Gasteiger partial charge in [-0.25, -0.2) is 4.57 Å². The molecule has 0 aliphatic heterocycles. The van der Waals surface area contributed by atoms with Gasteiger partial charge in [-0.1, -0.05) is 6.07 Å². The highest BCUT2D eigenvalue weighted by Gasteiger charge is 2.24. The maximum atomic E-state index is 11.9. The van der Waals surface area contributed by atoms with E-state index in [1.165, 1.54) is 18.2 Å². The second-order valence-corrected chi connectivity index (χ2v) is 7.77. The highest BCUT2D eigenvalue weighted by Crippen LogP contribution is 2.42. The van der Waals surface area contributed by atoms with E-state index in [4.69, 9.17) is 15.0 Å². The number of phenols is 2. The summed E-state index contributed by atoms with van der Waals surface area (Å²) < 4.78 is 25.8. The fraction of sp³-hybridized carbons (Fsp3) is 0.562. The van der Waals surface area contributed by atoms with Crippen LogP contribution < -0.4 is 5.73 Å². The van der Waals surface area contributed by atoms with Crippen LogP contribution in [0.5, 0.6) is 11.5 Å². The van der Waals surface area contributed by atoms with E-state index >= 15 is 0 Å². The largest absolute Gasteiger partial charge is 0.504 e. The number of hydrogen-bond donors (Lipinski definition) is 5. The van der Waals surface area contributed by atoms with Gasteiger partial charge in [0.25, 0.3) is 0 Å². The van der Waals surface area contributed by atoms with E-state index in [2.05, 4.69) is 4.52 Å². The molecule has 3 unspecified atom stereocenters. The van der Waals surface area contributed by atoms with Crippen LogP contribution in [0.4, 0.5) is 0 Å². The minimum absolute atomic E-state index is 0.0326. The molecule has 28 heavy (non-hydrogen) atoms. The molecular formula is C16H27N2O9P. The van der Waals surface area contributed by atoms with E-state index in [0.29, 0.717) is 12.1 Å². The summed E-state index contributed by atoms with van der Waals surface area (Å²) in [5.41, 5.74) is 6.21. The van der Waals surface area contributed by atoms with Gasteiger partial charge in [0, 0.05) is 6.54 Å². The smallest absolute Gasteiger partial charge is 0.472 e. The van der Waals surface area contributed by atoms with Crippen molar-refractivity contribution in [3.8, 4) is 11.5 Å². The van der Waals surface area contributed by atoms with Crippen molar-refractivity contribution in [1.82, 2.24) is 4.90 Å². The summed E-state index contributed by atoms with van der Waals surface area (Å²) in [6.45, 7) is -0.701. The number of carbonyl (C=O) groups is 1. The zero-order valence-corrected chi connectivity index (χ0v) is 16.6. The summed E-state index contributed by atoms with van der Waals surface area (Å²) >= 11 is 0. The van der Waals surface area contributed by atoms with Crippen LogP contribution in [0, 0.1) is 0 Å². The van der Waals surface area contributed by atoms with Crippen LogP contribution in [-0.2, 0) is 29.6 Å². The first-order valence-corrected chi connectivity index (χ1v) is 9.87. The molecule has 0 fully saturated rings. The quantitative estimate of drug-likeness (QED) is 0.168. The van der Waals surface area contributed by atoms with Crippen LogP contribution in [0.1, 0.15) is 5.56 Å². The molecule has 0 aliphatic rings. The molecule has 0 radical (unpaired) electrons. The van der Waals surface area contributed by atoms with E-state index in [9.17, 15) is 29.6 Å². The fourth-order valence-corrected chi connectivity index (χ4v) is 2.67. The molecule has 11 nitrogen and oxygen atoms in total. The number of carbonyl (C=O) groups excluding carboxylic acids is 1. The minimum atomic E-state index is -4.32. The lowest BCUT2D eigenvalue weighted by Crippen LogP contribution is -2.36. The van der Waals surface area contributed by atoms with Crippen molar-refractivity contribution >= 4 is 13.8 Å². The maximum Gasteiger partial charge on any atom is 0.472 e. The predicted molar refractivity (Wildman–Crippen MR) is 98.7 cm³/mol. The van der Waals surface area contributed by atoms with Gasteiger partial charge in [0.2, 0.25) is 0 Å². The zero-order valence-electron chi connectivity index (χ0n) is 15.7. The number of aliphatic hydroxyl groups is 1. The fourth-order valence-electron chi connectivity index (χ4n) is 1.92. The number of likely N-dealkylation sites (N-methyl/N-ethyl adjacent to an activating group) is 1. The SMILES string of the molecule is CN(C)CCOP(=O)(O)OCC(O)COC(=O)C(N)Cc1ccc(O)c(O)c1. The molecule has 0 saturated carbocycles. The Kier molecular flexibility index (Phi) is 9.83. The first kappa shape index (κ1) is 24.3. The molecule has 0 saturated heterocycles. The molecule has 3 atom stereocenters. The lowest BCUT2D eigenvalue weighted by Gasteiger charge is -2.17. The third-order valence-corrected chi connectivity index (χ3v) is 4.42. The highest BCUT2D eigenvalue weighted by atomic mass is 31.2. The van der Waals surface area contributed by atoms with Gasteiger partial charge in [-0.2, -0.15) is 0 Å². The van der Waals surface area contributed by atoms with E-state index in [1.807, 2.05) is 0 Å². The van der Waals surface area contributed by atoms with Crippen LogP contribution in [0.2, 0.25) is 0 Å². The summed E-state index contributed by atoms with van der Waals surface area (Å²) in [5.74, 6) is -1.46. The van der Waals surface area contributed by atoms with Crippen molar-refractivity contribution in [2.45, 2.75) is 18.6 Å². The minimum Gasteiger partial charge on any atom is -0.504 e. The Morgan fingerprint density at radius 2 is 1.89 bits per heavy atom. The number of phosphoric acid groups is 1. The van der Waals surface area contributed by atoms with Gasteiger partial charge in [0.15, 0.2) is 11.5 Å². The van der Waals surface area contributed by atoms with Gasteiger partial charge in [-0.05, 0) is 38.2 Å². The number of nitrogens with two attached hydrogens (primary N) is 1. The molecule has 0 amide bonds. The van der Waals surface area contributed by atoms with Crippen LogP contribution in [0.15, 0.2) is 18.2 Å². The van der Waals surface area contributed by atoms with Gasteiger partial charge in [-0.15, -0.1) is 0 Å². The van der Waals surface area contributed by atoms with Crippen molar-refractivity contribution in [2.75, 3.05) is 40.5 Å². The Bertz CT molecular complexity index is 686. The number of aromatic hydroxyl groups is 2. The Morgan fingerprint density at radius 3 is 2.50 bits per heavy atom. The van der Waals surface area contributed by atoms with E-state index in [0.717, 1.165) is 0 Å². The maximum absolute atomic E-state index is 11.9. The summed E-state index contributed by atoms with van der Waals surface area (Å²) in [6.07, 6.45) is -1.32. The average molecular weight is 422 g/mol. The molecule has 0 aromatic heterocycles. The van der Waals surface area contributed by atoms with Crippen LogP contribution in [-0.4, -0.2) is 83.7 Å². The zero-order chi connectivity index (χ0) is 21.3. The number of aliphatic hydroxyl groups excluding tert-OH is 1. The lowest BCUT2D eigenvalue weighted by molar-refractivity contribution is -0.148. The molecule has 0 aliphatic carbocycles. The van der Waals surface area contributed by atoms with Crippen molar-refractivity contribution in [1.29, 1.82) is 0 Å². The van der Waals surface area contributed by atoms with Crippen molar-refractivity contribution in [3.05, 3.63) is 23.8 Å². The number of hydrogen-bond acceptors (Lipinski definition) is 10. The second-order valence-electron chi connectivity index (χ2n) is 6.32. The molecule has 160 valence electrons. The number of phosphoric ester groups is 1. The summed E-state index contributed by atoms with van der Waals surface area (Å²) in [6, 6.07) is 2.94. The van der Waals surface area contributed by atoms with Gasteiger partial charge in [0.1, 0.15) is 18.8 Å². The standard InChI is InChI=1S/C16H27N2O9P/c1-18(2)5-6-26-28(23,24)27-10-12(19)9-25-16(22)13(17)7-11-3-4-14(20)15(21)8-11/h3-4,8,12-13,19-21H,5-7,9-10,17H2,1-2H3,(H,23,24). The molecule has 0 spiro atoms. The molecule has 12 heteroatoms. The Balaban J connectivity index is 2.34. The third kappa shape index (κ3) is 9.47. The molecule has 1 rings (SSSR count). The highest BCUT2D eigenvalue weighted by molar-refractivity contribution is 7.47. The van der Waals surface area contributed by atoms with Gasteiger partial charge in [0.05, 0.1) is 13.2 Å². The van der Waals surface area contributed by atoms with E-state index < -0.39 is 39.2 Å². The van der Waals surface area contributed by atoms with Crippen LogP contribution in [0.3, 0.4) is 0 Å². The van der Waals surface area contributed by atoms with Crippen molar-refractivity contribution < 1.29 is 43.4 Å². The summed E-state index contributed by atoms with van der Waals surface area (Å²) in [7, 11) is -0.793. The molecule has 1 aromatic carbocycles. The molecule has 1 aromatic rings. The monoisotopic (exact) mass is 422 g/mol. The molecule has 0 bridgehead atoms. The number of rotatable bonds is 12. The Morgan fingerprint density at radius 1 is 1.21 bits per heavy atom.